The third-order valence-corrected chi connectivity index (χ3v) is 15.6. The molecule has 4 nitrogen and oxygen atoms in total. The van der Waals surface area contributed by atoms with E-state index in [0.717, 1.165) is 49.8 Å². The molecule has 0 amide bonds. The highest BCUT2D eigenvalue weighted by Gasteiger charge is 2.40. The van der Waals surface area contributed by atoms with Crippen LogP contribution in [0.1, 0.15) is 0 Å². The number of aromatic nitrogens is 3. The van der Waals surface area contributed by atoms with Gasteiger partial charge in [0.25, 0.3) is 0 Å². The minimum Gasteiger partial charge on any atom is -0.455 e. The minimum absolute atomic E-state index is 0.641. The molecule has 10 aromatic rings. The second kappa shape index (κ2) is 11.4. The zero-order chi connectivity index (χ0) is 35.3. The summed E-state index contributed by atoms with van der Waals surface area (Å²) in [5, 5.41) is 7.26. The van der Waals surface area contributed by atoms with E-state index in [1.54, 1.807) is 11.3 Å². The van der Waals surface area contributed by atoms with E-state index in [-0.39, 0.29) is 0 Å². The Morgan fingerprint density at radius 2 is 1.08 bits per heavy atom. The van der Waals surface area contributed by atoms with Crippen LogP contribution in [0.2, 0.25) is 13.1 Å². The fourth-order valence-electron chi connectivity index (χ4n) is 8.47. The molecule has 1 aliphatic heterocycles. The SMILES string of the molecule is C[Si]1(C)c2ccccc2-c2c1cc(-c1nc(-c3ccccc3-c3ccccc3)nc(-c3cccc4sc5ccccc5c34)n1)c1c2oc2ccccc21. The average Bonchev–Trinajstić information content (AvgIpc) is 3.86. The van der Waals surface area contributed by atoms with Gasteiger partial charge in [-0.3, -0.25) is 0 Å². The van der Waals surface area contributed by atoms with Crippen molar-refractivity contribution in [3.8, 4) is 56.4 Å². The molecular weight excluding hydrogens is 683 g/mol. The Kier molecular flexibility index (Phi) is 6.54. The lowest BCUT2D eigenvalue weighted by Crippen LogP contribution is -2.49. The molecule has 6 heteroatoms. The van der Waals surface area contributed by atoms with Gasteiger partial charge in [0.1, 0.15) is 19.2 Å². The number of furan rings is 1. The lowest BCUT2D eigenvalue weighted by molar-refractivity contribution is 0.670. The van der Waals surface area contributed by atoms with Crippen LogP contribution in [0.5, 0.6) is 0 Å². The Labute approximate surface area is 311 Å². The number of rotatable bonds is 4. The smallest absolute Gasteiger partial charge is 0.164 e. The summed E-state index contributed by atoms with van der Waals surface area (Å²) in [6.07, 6.45) is 0. The number of nitrogens with zero attached hydrogens (tertiary/aromatic N) is 3. The quantitative estimate of drug-likeness (QED) is 0.170. The third-order valence-electron chi connectivity index (χ3n) is 11.0. The molecule has 0 saturated carbocycles. The second-order valence-corrected chi connectivity index (χ2v) is 19.7. The molecule has 3 aromatic heterocycles. The number of thiophene rings is 1. The zero-order valence-corrected chi connectivity index (χ0v) is 30.9. The van der Waals surface area contributed by atoms with Gasteiger partial charge in [0.2, 0.25) is 0 Å². The van der Waals surface area contributed by atoms with Crippen LogP contribution in [0, 0.1) is 0 Å². The molecule has 0 unspecified atom stereocenters. The second-order valence-electron chi connectivity index (χ2n) is 14.3. The van der Waals surface area contributed by atoms with Crippen molar-refractivity contribution < 1.29 is 4.42 Å². The molecule has 0 spiro atoms. The van der Waals surface area contributed by atoms with Crippen molar-refractivity contribution in [1.29, 1.82) is 0 Å². The molecule has 4 heterocycles. The predicted octanol–water partition coefficient (Wildman–Crippen LogP) is 11.6. The summed E-state index contributed by atoms with van der Waals surface area (Å²) in [7, 11) is -2.11. The van der Waals surface area contributed by atoms with Crippen LogP contribution in [-0.4, -0.2) is 23.0 Å². The van der Waals surface area contributed by atoms with E-state index in [2.05, 4.69) is 159 Å². The normalized spacial score (nSPS) is 13.2. The van der Waals surface area contributed by atoms with Gasteiger partial charge in [-0.25, -0.2) is 15.0 Å². The maximum Gasteiger partial charge on any atom is 0.164 e. The lowest BCUT2D eigenvalue weighted by atomic mass is 9.97. The molecule has 0 atom stereocenters. The van der Waals surface area contributed by atoms with Crippen LogP contribution in [0.25, 0.3) is 98.5 Å². The van der Waals surface area contributed by atoms with E-state index in [9.17, 15) is 0 Å². The van der Waals surface area contributed by atoms with Crippen LogP contribution in [-0.2, 0) is 0 Å². The molecule has 0 bridgehead atoms. The largest absolute Gasteiger partial charge is 0.455 e. The van der Waals surface area contributed by atoms with Crippen LogP contribution >= 0.6 is 11.3 Å². The summed E-state index contributed by atoms with van der Waals surface area (Å²) in [5.41, 5.74) is 9.38. The molecule has 11 rings (SSSR count). The molecule has 0 aliphatic carbocycles. The zero-order valence-electron chi connectivity index (χ0n) is 29.1. The Hall–Kier alpha value is -6.21. The highest BCUT2D eigenvalue weighted by atomic mass is 32.1. The van der Waals surface area contributed by atoms with Crippen molar-refractivity contribution >= 4 is 71.9 Å². The van der Waals surface area contributed by atoms with Crippen molar-refractivity contribution in [3.05, 3.63) is 152 Å². The Morgan fingerprint density at radius 1 is 0.472 bits per heavy atom. The van der Waals surface area contributed by atoms with Crippen molar-refractivity contribution in [1.82, 2.24) is 15.0 Å². The minimum atomic E-state index is -2.11. The van der Waals surface area contributed by atoms with Crippen LogP contribution in [0.4, 0.5) is 0 Å². The van der Waals surface area contributed by atoms with Gasteiger partial charge < -0.3 is 4.42 Å². The standard InChI is InChI=1S/C47H31N3OSSi/c1-53(2)39-26-13-10-21-33(39)43-40(53)27-35(42-31-19-8-11-23-36(31)51-44(42)43)47-49-45(30-18-7-6-17-29(30)28-15-4-3-5-16-28)48-46(50-47)34-22-14-25-38-41(34)32-20-9-12-24-37(32)52-38/h3-27H,1-2H3. The van der Waals surface area contributed by atoms with Gasteiger partial charge in [-0.1, -0.05) is 140 Å². The first-order valence-electron chi connectivity index (χ1n) is 17.9. The van der Waals surface area contributed by atoms with Gasteiger partial charge in [0.15, 0.2) is 17.5 Å². The van der Waals surface area contributed by atoms with E-state index >= 15 is 0 Å². The number of para-hydroxylation sites is 1. The van der Waals surface area contributed by atoms with Crippen LogP contribution in [0.3, 0.4) is 0 Å². The Balaban J connectivity index is 1.27. The Bertz CT molecular complexity index is 3110. The summed E-state index contributed by atoms with van der Waals surface area (Å²) in [6.45, 7) is 4.89. The van der Waals surface area contributed by atoms with Gasteiger partial charge in [-0.15, -0.1) is 11.3 Å². The first kappa shape index (κ1) is 30.4. The maximum absolute atomic E-state index is 6.86. The third kappa shape index (κ3) is 4.49. The summed E-state index contributed by atoms with van der Waals surface area (Å²) in [6, 6.07) is 53.6. The fraction of sp³-hybridized carbons (Fsp3) is 0.0426. The first-order chi connectivity index (χ1) is 26.0. The fourth-order valence-corrected chi connectivity index (χ4v) is 12.7. The van der Waals surface area contributed by atoms with Crippen molar-refractivity contribution in [2.45, 2.75) is 13.1 Å². The number of benzene rings is 7. The van der Waals surface area contributed by atoms with E-state index in [1.807, 2.05) is 6.07 Å². The first-order valence-corrected chi connectivity index (χ1v) is 21.8. The maximum atomic E-state index is 6.86. The van der Waals surface area contributed by atoms with E-state index in [4.69, 9.17) is 19.4 Å². The van der Waals surface area contributed by atoms with Gasteiger partial charge >= 0.3 is 0 Å². The van der Waals surface area contributed by atoms with E-state index in [1.165, 1.54) is 41.7 Å². The molecule has 7 aromatic carbocycles. The highest BCUT2D eigenvalue weighted by molar-refractivity contribution is 7.25. The molecular formula is C47H31N3OSSi. The van der Waals surface area contributed by atoms with E-state index in [0.29, 0.717) is 17.5 Å². The average molecular weight is 714 g/mol. The van der Waals surface area contributed by atoms with Crippen molar-refractivity contribution in [2.75, 3.05) is 0 Å². The van der Waals surface area contributed by atoms with Gasteiger partial charge in [-0.05, 0) is 51.3 Å². The monoisotopic (exact) mass is 713 g/mol. The molecule has 1 aliphatic rings. The number of hydrogen-bond donors (Lipinski definition) is 0. The summed E-state index contributed by atoms with van der Waals surface area (Å²) in [4.78, 5) is 16.2. The van der Waals surface area contributed by atoms with Crippen molar-refractivity contribution in [3.63, 3.8) is 0 Å². The lowest BCUT2D eigenvalue weighted by Gasteiger charge is -2.19. The topological polar surface area (TPSA) is 51.8 Å². The van der Waals surface area contributed by atoms with Crippen molar-refractivity contribution in [2.24, 2.45) is 0 Å². The van der Waals surface area contributed by atoms with Crippen LogP contribution in [0.15, 0.2) is 156 Å². The van der Waals surface area contributed by atoms with Gasteiger partial charge in [0, 0.05) is 53.2 Å². The number of fused-ring (bicyclic) bond motifs is 10. The van der Waals surface area contributed by atoms with E-state index < -0.39 is 8.07 Å². The summed E-state index contributed by atoms with van der Waals surface area (Å²) < 4.78 is 9.32. The summed E-state index contributed by atoms with van der Waals surface area (Å²) >= 11 is 1.80. The molecule has 0 saturated heterocycles. The molecule has 0 fully saturated rings. The highest BCUT2D eigenvalue weighted by Crippen LogP contribution is 2.45. The molecule has 0 radical (unpaired) electrons. The van der Waals surface area contributed by atoms with Crippen LogP contribution < -0.4 is 10.4 Å². The van der Waals surface area contributed by atoms with Gasteiger partial charge in [-0.2, -0.15) is 0 Å². The predicted molar refractivity (Wildman–Crippen MR) is 224 cm³/mol. The number of hydrogen-bond acceptors (Lipinski definition) is 5. The molecule has 53 heavy (non-hydrogen) atoms. The summed E-state index contributed by atoms with van der Waals surface area (Å²) in [5.74, 6) is 1.94. The Morgan fingerprint density at radius 3 is 1.91 bits per heavy atom. The molecule has 0 N–H and O–H groups in total. The van der Waals surface area contributed by atoms with Gasteiger partial charge in [0.05, 0.1) is 0 Å². The molecule has 250 valence electrons.